The van der Waals surface area contributed by atoms with E-state index in [2.05, 4.69) is 0 Å². The molecule has 2 fully saturated rings. The molecule has 1 heterocycles. The molecule has 1 aliphatic heterocycles. The number of rotatable bonds is 5. The fourth-order valence-corrected chi connectivity index (χ4v) is 8.18. The standard InChI is InChI=1S/C13H26N2O4S2/c1-2-8-15(12-5-3-11(14)4-6-12)21(18,19)13-7-9-20(16,17)10-13/h11-13H,2-10,14H2,1H3. The van der Waals surface area contributed by atoms with Crippen molar-refractivity contribution in [2.75, 3.05) is 18.1 Å². The number of nitrogens with zero attached hydrogens (tertiary/aromatic N) is 1. The smallest absolute Gasteiger partial charge is 0.218 e. The van der Waals surface area contributed by atoms with Gasteiger partial charge in [-0.05, 0) is 38.5 Å². The highest BCUT2D eigenvalue weighted by Gasteiger charge is 2.42. The van der Waals surface area contributed by atoms with Crippen molar-refractivity contribution in [3.8, 4) is 0 Å². The molecular weight excluding hydrogens is 312 g/mol. The first kappa shape index (κ1) is 17.2. The minimum Gasteiger partial charge on any atom is -0.328 e. The van der Waals surface area contributed by atoms with Crippen LogP contribution in [0.15, 0.2) is 0 Å². The van der Waals surface area contributed by atoms with Gasteiger partial charge in [0, 0.05) is 18.6 Å². The number of nitrogens with two attached hydrogens (primary N) is 1. The van der Waals surface area contributed by atoms with Crippen LogP contribution in [0.5, 0.6) is 0 Å². The molecule has 124 valence electrons. The van der Waals surface area contributed by atoms with Crippen LogP contribution in [0.25, 0.3) is 0 Å². The second-order valence-electron chi connectivity index (χ2n) is 6.25. The van der Waals surface area contributed by atoms with Gasteiger partial charge in [0.25, 0.3) is 0 Å². The van der Waals surface area contributed by atoms with E-state index < -0.39 is 25.1 Å². The molecule has 0 aromatic heterocycles. The first-order valence-corrected chi connectivity index (χ1v) is 11.1. The Hall–Kier alpha value is -0.180. The maximum absolute atomic E-state index is 12.8. The molecular formula is C13H26N2O4S2. The Labute approximate surface area is 128 Å². The number of sulfone groups is 1. The van der Waals surface area contributed by atoms with Crippen molar-refractivity contribution in [1.82, 2.24) is 4.31 Å². The van der Waals surface area contributed by atoms with Gasteiger partial charge in [0.1, 0.15) is 0 Å². The summed E-state index contributed by atoms with van der Waals surface area (Å²) in [6, 6.07) is 0.150. The van der Waals surface area contributed by atoms with Gasteiger partial charge in [-0.1, -0.05) is 6.92 Å². The summed E-state index contributed by atoms with van der Waals surface area (Å²) in [6.07, 6.45) is 4.20. The molecule has 8 heteroatoms. The normalized spacial score (nSPS) is 33.4. The lowest BCUT2D eigenvalue weighted by Gasteiger charge is -2.36. The van der Waals surface area contributed by atoms with Crippen molar-refractivity contribution in [2.24, 2.45) is 5.73 Å². The lowest BCUT2D eigenvalue weighted by Crippen LogP contribution is -2.48. The molecule has 0 aromatic rings. The Morgan fingerprint density at radius 2 is 1.76 bits per heavy atom. The predicted octanol–water partition coefficient (Wildman–Crippen LogP) is 0.485. The Morgan fingerprint density at radius 1 is 1.14 bits per heavy atom. The van der Waals surface area contributed by atoms with Crippen LogP contribution < -0.4 is 5.73 Å². The highest BCUT2D eigenvalue weighted by atomic mass is 32.2. The Bertz CT molecular complexity index is 551. The summed E-state index contributed by atoms with van der Waals surface area (Å²) in [6.45, 7) is 2.42. The van der Waals surface area contributed by atoms with Gasteiger partial charge in [-0.3, -0.25) is 0 Å². The molecule has 1 saturated carbocycles. The second-order valence-corrected chi connectivity index (χ2v) is 10.6. The Morgan fingerprint density at radius 3 is 2.24 bits per heavy atom. The quantitative estimate of drug-likeness (QED) is 0.786. The summed E-state index contributed by atoms with van der Waals surface area (Å²) in [5, 5.41) is -0.760. The van der Waals surface area contributed by atoms with Crippen LogP contribution in [0.2, 0.25) is 0 Å². The van der Waals surface area contributed by atoms with Gasteiger partial charge < -0.3 is 5.73 Å². The fourth-order valence-electron chi connectivity index (χ4n) is 3.31. The molecule has 1 saturated heterocycles. The van der Waals surface area contributed by atoms with E-state index in [-0.39, 0.29) is 30.0 Å². The van der Waals surface area contributed by atoms with E-state index in [1.165, 1.54) is 0 Å². The van der Waals surface area contributed by atoms with E-state index in [4.69, 9.17) is 5.73 Å². The highest BCUT2D eigenvalue weighted by molar-refractivity contribution is 7.95. The van der Waals surface area contributed by atoms with E-state index in [0.717, 1.165) is 32.1 Å². The molecule has 6 nitrogen and oxygen atoms in total. The van der Waals surface area contributed by atoms with Gasteiger partial charge in [0.2, 0.25) is 10.0 Å². The molecule has 1 atom stereocenters. The van der Waals surface area contributed by atoms with Crippen molar-refractivity contribution in [1.29, 1.82) is 0 Å². The van der Waals surface area contributed by atoms with Crippen LogP contribution >= 0.6 is 0 Å². The zero-order valence-corrected chi connectivity index (χ0v) is 14.2. The highest BCUT2D eigenvalue weighted by Crippen LogP contribution is 2.29. The van der Waals surface area contributed by atoms with Crippen molar-refractivity contribution >= 4 is 19.9 Å². The summed E-state index contributed by atoms with van der Waals surface area (Å²) in [7, 11) is -6.73. The monoisotopic (exact) mass is 338 g/mol. The largest absolute Gasteiger partial charge is 0.328 e. The number of hydrogen-bond donors (Lipinski definition) is 1. The minimum absolute atomic E-state index is 0.00754. The SMILES string of the molecule is CCCN(C1CCC(N)CC1)S(=O)(=O)C1CCS(=O)(=O)C1. The summed E-state index contributed by atoms with van der Waals surface area (Å²) in [4.78, 5) is 0. The van der Waals surface area contributed by atoms with Crippen molar-refractivity contribution in [2.45, 2.75) is 62.8 Å². The van der Waals surface area contributed by atoms with Gasteiger partial charge >= 0.3 is 0 Å². The molecule has 2 rings (SSSR count). The first-order chi connectivity index (χ1) is 9.76. The molecule has 0 amide bonds. The van der Waals surface area contributed by atoms with Crippen LogP contribution in [0, 0.1) is 0 Å². The zero-order valence-electron chi connectivity index (χ0n) is 12.6. The second kappa shape index (κ2) is 6.52. The Balaban J connectivity index is 2.16. The molecule has 0 aromatic carbocycles. The Kier molecular flexibility index (Phi) is 5.33. The predicted molar refractivity (Wildman–Crippen MR) is 83.2 cm³/mol. The first-order valence-electron chi connectivity index (χ1n) is 7.73. The van der Waals surface area contributed by atoms with Crippen LogP contribution in [-0.2, 0) is 19.9 Å². The average Bonchev–Trinajstić information content (AvgIpc) is 2.78. The third-order valence-corrected chi connectivity index (χ3v) is 8.89. The maximum atomic E-state index is 12.8. The third-order valence-electron chi connectivity index (χ3n) is 4.53. The van der Waals surface area contributed by atoms with Crippen LogP contribution in [0.1, 0.15) is 45.4 Å². The van der Waals surface area contributed by atoms with Crippen molar-refractivity contribution < 1.29 is 16.8 Å². The fraction of sp³-hybridized carbons (Fsp3) is 1.00. The van der Waals surface area contributed by atoms with Crippen LogP contribution in [0.4, 0.5) is 0 Å². The summed E-state index contributed by atoms with van der Waals surface area (Å²) in [5.41, 5.74) is 5.89. The zero-order chi connectivity index (χ0) is 15.7. The van der Waals surface area contributed by atoms with E-state index in [9.17, 15) is 16.8 Å². The molecule has 1 unspecified atom stereocenters. The molecule has 2 N–H and O–H groups in total. The van der Waals surface area contributed by atoms with Crippen LogP contribution in [-0.4, -0.2) is 56.5 Å². The average molecular weight is 338 g/mol. The summed E-state index contributed by atoms with van der Waals surface area (Å²) < 4.78 is 50.4. The van der Waals surface area contributed by atoms with Gasteiger partial charge in [-0.15, -0.1) is 0 Å². The lowest BCUT2D eigenvalue weighted by molar-refractivity contribution is 0.238. The lowest BCUT2D eigenvalue weighted by atomic mass is 9.92. The van der Waals surface area contributed by atoms with Gasteiger partial charge in [-0.2, -0.15) is 4.31 Å². The van der Waals surface area contributed by atoms with Crippen LogP contribution in [0.3, 0.4) is 0 Å². The van der Waals surface area contributed by atoms with Crippen molar-refractivity contribution in [3.05, 3.63) is 0 Å². The molecule has 2 aliphatic rings. The van der Waals surface area contributed by atoms with Gasteiger partial charge in [0.15, 0.2) is 9.84 Å². The summed E-state index contributed by atoms with van der Waals surface area (Å²) in [5.74, 6) is -0.228. The molecule has 0 spiro atoms. The number of sulfonamides is 1. The number of hydrogen-bond acceptors (Lipinski definition) is 5. The maximum Gasteiger partial charge on any atom is 0.218 e. The molecule has 0 radical (unpaired) electrons. The molecule has 0 bridgehead atoms. The van der Waals surface area contributed by atoms with E-state index in [0.29, 0.717) is 6.54 Å². The summed E-state index contributed by atoms with van der Waals surface area (Å²) >= 11 is 0. The molecule has 21 heavy (non-hydrogen) atoms. The topological polar surface area (TPSA) is 97.5 Å². The van der Waals surface area contributed by atoms with E-state index in [1.54, 1.807) is 4.31 Å². The van der Waals surface area contributed by atoms with Gasteiger partial charge in [-0.25, -0.2) is 16.8 Å². The van der Waals surface area contributed by atoms with Crippen molar-refractivity contribution in [3.63, 3.8) is 0 Å². The van der Waals surface area contributed by atoms with E-state index in [1.807, 2.05) is 6.92 Å². The minimum atomic E-state index is -3.54. The third kappa shape index (κ3) is 3.97. The van der Waals surface area contributed by atoms with Gasteiger partial charge in [0.05, 0.1) is 16.8 Å². The molecule has 1 aliphatic carbocycles. The van der Waals surface area contributed by atoms with E-state index >= 15 is 0 Å².